The predicted octanol–water partition coefficient (Wildman–Crippen LogP) is 4.13. The Kier molecular flexibility index (Phi) is 6.99. The SMILES string of the molecule is Cc1cccc(NC(=O)CN2CCN(Cc3nc(-c4cccc(C(F)(F)F)c4)no3)CC2)c1C. The van der Waals surface area contributed by atoms with Gasteiger partial charge in [-0.1, -0.05) is 29.4 Å². The van der Waals surface area contributed by atoms with Crippen molar-refractivity contribution in [2.45, 2.75) is 26.6 Å². The summed E-state index contributed by atoms with van der Waals surface area (Å²) < 4.78 is 44.1. The Morgan fingerprint density at radius 3 is 2.50 bits per heavy atom. The van der Waals surface area contributed by atoms with Crippen LogP contribution in [0.15, 0.2) is 47.0 Å². The maximum absolute atomic E-state index is 13.0. The van der Waals surface area contributed by atoms with Crippen LogP contribution in [0, 0.1) is 13.8 Å². The van der Waals surface area contributed by atoms with Gasteiger partial charge in [-0.2, -0.15) is 18.2 Å². The van der Waals surface area contributed by atoms with E-state index < -0.39 is 11.7 Å². The molecule has 1 aliphatic rings. The van der Waals surface area contributed by atoms with E-state index in [-0.39, 0.29) is 17.3 Å². The lowest BCUT2D eigenvalue weighted by molar-refractivity contribution is -0.137. The first-order valence-electron chi connectivity index (χ1n) is 11.0. The van der Waals surface area contributed by atoms with Gasteiger partial charge < -0.3 is 9.84 Å². The maximum Gasteiger partial charge on any atom is 0.416 e. The van der Waals surface area contributed by atoms with Gasteiger partial charge in [0.1, 0.15) is 0 Å². The van der Waals surface area contributed by atoms with Gasteiger partial charge in [0.25, 0.3) is 0 Å². The highest BCUT2D eigenvalue weighted by atomic mass is 19.4. The van der Waals surface area contributed by atoms with Crippen LogP contribution in [0.5, 0.6) is 0 Å². The summed E-state index contributed by atoms with van der Waals surface area (Å²) in [4.78, 5) is 20.9. The van der Waals surface area contributed by atoms with Crippen LogP contribution in [0.2, 0.25) is 0 Å². The molecule has 1 saturated heterocycles. The van der Waals surface area contributed by atoms with Gasteiger partial charge in [0.15, 0.2) is 0 Å². The molecule has 0 saturated carbocycles. The molecule has 0 bridgehead atoms. The van der Waals surface area contributed by atoms with Gasteiger partial charge in [0.2, 0.25) is 17.6 Å². The van der Waals surface area contributed by atoms with Gasteiger partial charge in [-0.05, 0) is 43.2 Å². The number of nitrogens with zero attached hydrogens (tertiary/aromatic N) is 4. The average molecular weight is 473 g/mol. The molecule has 3 aromatic rings. The molecule has 0 spiro atoms. The molecular formula is C24H26F3N5O2. The van der Waals surface area contributed by atoms with Crippen molar-refractivity contribution in [2.75, 3.05) is 38.0 Å². The van der Waals surface area contributed by atoms with Crippen molar-refractivity contribution in [1.82, 2.24) is 19.9 Å². The van der Waals surface area contributed by atoms with Gasteiger partial charge in [-0.15, -0.1) is 0 Å². The summed E-state index contributed by atoms with van der Waals surface area (Å²) >= 11 is 0. The second kappa shape index (κ2) is 9.94. The quantitative estimate of drug-likeness (QED) is 0.581. The van der Waals surface area contributed by atoms with Crippen LogP contribution in [0.3, 0.4) is 0 Å². The van der Waals surface area contributed by atoms with Crippen LogP contribution in [0.1, 0.15) is 22.6 Å². The molecule has 1 amide bonds. The van der Waals surface area contributed by atoms with Crippen molar-refractivity contribution in [3.8, 4) is 11.4 Å². The number of aromatic nitrogens is 2. The summed E-state index contributed by atoms with van der Waals surface area (Å²) in [5.41, 5.74) is 2.52. The second-order valence-corrected chi connectivity index (χ2v) is 8.44. The molecule has 1 fully saturated rings. The third kappa shape index (κ3) is 5.81. The monoisotopic (exact) mass is 473 g/mol. The number of anilines is 1. The number of benzene rings is 2. The molecule has 0 unspecified atom stereocenters. The fourth-order valence-corrected chi connectivity index (χ4v) is 3.85. The third-order valence-corrected chi connectivity index (χ3v) is 5.99. The van der Waals surface area contributed by atoms with Gasteiger partial charge in [-0.25, -0.2) is 0 Å². The number of aryl methyl sites for hydroxylation is 1. The standard InChI is InChI=1S/C24H26F3N5O2/c1-16-5-3-8-20(17(16)2)28-21(33)14-31-9-11-32(12-10-31)15-22-29-23(30-34-22)18-6-4-7-19(13-18)24(25,26)27/h3-8,13H,9-12,14-15H2,1-2H3,(H,28,33). The Labute approximate surface area is 195 Å². The Balaban J connectivity index is 1.27. The maximum atomic E-state index is 13.0. The van der Waals surface area contributed by atoms with Crippen LogP contribution in [-0.4, -0.2) is 58.6 Å². The van der Waals surface area contributed by atoms with Crippen molar-refractivity contribution >= 4 is 11.6 Å². The van der Waals surface area contributed by atoms with Crippen molar-refractivity contribution in [1.29, 1.82) is 0 Å². The molecule has 4 rings (SSSR count). The van der Waals surface area contributed by atoms with E-state index in [0.717, 1.165) is 28.9 Å². The Morgan fingerprint density at radius 1 is 1.06 bits per heavy atom. The lowest BCUT2D eigenvalue weighted by atomic mass is 10.1. The summed E-state index contributed by atoms with van der Waals surface area (Å²) in [5, 5.41) is 6.82. The minimum atomic E-state index is -4.43. The highest BCUT2D eigenvalue weighted by Crippen LogP contribution is 2.31. The van der Waals surface area contributed by atoms with Gasteiger partial charge in [0, 0.05) is 37.4 Å². The molecule has 2 aromatic carbocycles. The minimum Gasteiger partial charge on any atom is -0.338 e. The summed E-state index contributed by atoms with van der Waals surface area (Å²) in [6, 6.07) is 10.7. The third-order valence-electron chi connectivity index (χ3n) is 5.99. The van der Waals surface area contributed by atoms with E-state index in [9.17, 15) is 18.0 Å². The van der Waals surface area contributed by atoms with E-state index in [1.54, 1.807) is 0 Å². The number of rotatable bonds is 6. The molecule has 7 nitrogen and oxygen atoms in total. The van der Waals surface area contributed by atoms with Crippen molar-refractivity contribution in [3.63, 3.8) is 0 Å². The average Bonchev–Trinajstić information content (AvgIpc) is 3.26. The smallest absolute Gasteiger partial charge is 0.338 e. The zero-order valence-electron chi connectivity index (χ0n) is 19.0. The van der Waals surface area contributed by atoms with E-state index in [2.05, 4.69) is 25.3 Å². The molecule has 1 aromatic heterocycles. The number of amides is 1. The van der Waals surface area contributed by atoms with Gasteiger partial charge >= 0.3 is 6.18 Å². The van der Waals surface area contributed by atoms with Crippen LogP contribution in [-0.2, 0) is 17.5 Å². The number of halogens is 3. The van der Waals surface area contributed by atoms with E-state index >= 15 is 0 Å². The molecule has 1 aliphatic heterocycles. The van der Waals surface area contributed by atoms with Crippen molar-refractivity contribution in [3.05, 3.63) is 65.0 Å². The van der Waals surface area contributed by atoms with Crippen molar-refractivity contribution < 1.29 is 22.5 Å². The highest BCUT2D eigenvalue weighted by Gasteiger charge is 2.31. The van der Waals surface area contributed by atoms with Gasteiger partial charge in [0.05, 0.1) is 18.7 Å². The topological polar surface area (TPSA) is 74.5 Å². The molecule has 34 heavy (non-hydrogen) atoms. The number of alkyl halides is 3. The molecule has 1 N–H and O–H groups in total. The predicted molar refractivity (Wildman–Crippen MR) is 121 cm³/mol. The van der Waals surface area contributed by atoms with Crippen LogP contribution >= 0.6 is 0 Å². The molecule has 0 aliphatic carbocycles. The molecule has 10 heteroatoms. The summed E-state index contributed by atoms with van der Waals surface area (Å²) in [7, 11) is 0. The zero-order valence-corrected chi connectivity index (χ0v) is 19.0. The number of carbonyl (C=O) groups is 1. The van der Waals surface area contributed by atoms with E-state index in [1.165, 1.54) is 12.1 Å². The molecule has 180 valence electrons. The van der Waals surface area contributed by atoms with Crippen LogP contribution in [0.25, 0.3) is 11.4 Å². The molecule has 2 heterocycles. The van der Waals surface area contributed by atoms with E-state index in [1.807, 2.05) is 32.0 Å². The van der Waals surface area contributed by atoms with Crippen LogP contribution in [0.4, 0.5) is 18.9 Å². The van der Waals surface area contributed by atoms with E-state index in [4.69, 9.17) is 4.52 Å². The lowest BCUT2D eigenvalue weighted by Gasteiger charge is -2.33. The molecule has 0 radical (unpaired) electrons. The first kappa shape index (κ1) is 23.9. The van der Waals surface area contributed by atoms with E-state index in [0.29, 0.717) is 45.2 Å². The lowest BCUT2D eigenvalue weighted by Crippen LogP contribution is -2.48. The first-order chi connectivity index (χ1) is 16.2. The Hall–Kier alpha value is -3.24. The largest absolute Gasteiger partial charge is 0.416 e. The first-order valence-corrected chi connectivity index (χ1v) is 11.0. The van der Waals surface area contributed by atoms with Crippen LogP contribution < -0.4 is 5.32 Å². The number of nitrogens with one attached hydrogen (secondary N) is 1. The second-order valence-electron chi connectivity index (χ2n) is 8.44. The van der Waals surface area contributed by atoms with Gasteiger partial charge in [-0.3, -0.25) is 14.6 Å². The zero-order chi connectivity index (χ0) is 24.3. The number of hydrogen-bond acceptors (Lipinski definition) is 6. The number of carbonyl (C=O) groups excluding carboxylic acids is 1. The molecular weight excluding hydrogens is 447 g/mol. The Morgan fingerprint density at radius 2 is 1.76 bits per heavy atom. The Bertz CT molecular complexity index is 1150. The summed E-state index contributed by atoms with van der Waals surface area (Å²) in [5.74, 6) is 0.418. The minimum absolute atomic E-state index is 0.0511. The molecule has 0 atom stereocenters. The number of hydrogen-bond donors (Lipinski definition) is 1. The number of piperazine rings is 1. The summed E-state index contributed by atoms with van der Waals surface area (Å²) in [6.45, 7) is 7.52. The highest BCUT2D eigenvalue weighted by molar-refractivity contribution is 5.93. The fourth-order valence-electron chi connectivity index (χ4n) is 3.85. The van der Waals surface area contributed by atoms with Crippen molar-refractivity contribution in [2.24, 2.45) is 0 Å². The fraction of sp³-hybridized carbons (Fsp3) is 0.375. The summed E-state index contributed by atoms with van der Waals surface area (Å²) in [6.07, 6.45) is -4.43. The normalized spacial score (nSPS) is 15.4.